The minimum absolute atomic E-state index is 0.352. The fourth-order valence-electron chi connectivity index (χ4n) is 3.65. The molecule has 1 aliphatic carbocycles. The number of methoxy groups -OCH3 is 1. The number of aromatic nitrogens is 1. The average molecular weight is 315 g/mol. The van der Waals surface area contributed by atoms with Crippen molar-refractivity contribution in [1.29, 1.82) is 0 Å². The third-order valence-electron chi connectivity index (χ3n) is 4.71. The predicted molar refractivity (Wildman–Crippen MR) is 86.0 cm³/mol. The lowest BCUT2D eigenvalue weighted by molar-refractivity contribution is -0.165. The van der Waals surface area contributed by atoms with E-state index in [1.165, 1.54) is 14.0 Å². The van der Waals surface area contributed by atoms with Crippen molar-refractivity contribution in [2.24, 2.45) is 0 Å². The zero-order valence-electron chi connectivity index (χ0n) is 13.4. The molecule has 0 spiro atoms. The van der Waals surface area contributed by atoms with Crippen LogP contribution in [0.5, 0.6) is 0 Å². The largest absolute Gasteiger partial charge is 0.468 e. The number of H-pyrrole nitrogens is 1. The van der Waals surface area contributed by atoms with E-state index in [1.807, 2.05) is 30.3 Å². The number of ether oxygens (including phenoxy) is 2. The number of carbonyl (C=O) groups is 2. The molecule has 1 saturated carbocycles. The molecule has 0 amide bonds. The van der Waals surface area contributed by atoms with Gasteiger partial charge in [0, 0.05) is 18.1 Å². The van der Waals surface area contributed by atoms with Crippen LogP contribution in [0.25, 0.3) is 10.9 Å². The number of para-hydroxylation sites is 1. The van der Waals surface area contributed by atoms with Crippen LogP contribution in [0.3, 0.4) is 0 Å². The molecule has 0 aliphatic heterocycles. The smallest absolute Gasteiger partial charge is 0.321 e. The molecule has 0 saturated heterocycles. The van der Waals surface area contributed by atoms with E-state index in [-0.39, 0.29) is 11.9 Å². The van der Waals surface area contributed by atoms with Crippen LogP contribution in [0, 0.1) is 0 Å². The third-order valence-corrected chi connectivity index (χ3v) is 4.71. The number of fused-ring (bicyclic) bond motifs is 1. The van der Waals surface area contributed by atoms with Crippen LogP contribution in [0.2, 0.25) is 0 Å². The molecule has 2 aromatic rings. The van der Waals surface area contributed by atoms with Gasteiger partial charge in [-0.15, -0.1) is 0 Å². The fraction of sp³-hybridized carbons (Fsp3) is 0.444. The lowest BCUT2D eigenvalue weighted by atomic mass is 9.69. The molecular formula is C18H21NO4. The van der Waals surface area contributed by atoms with Crippen molar-refractivity contribution in [3.05, 3.63) is 36.0 Å². The van der Waals surface area contributed by atoms with E-state index in [9.17, 15) is 9.59 Å². The third kappa shape index (κ3) is 2.60. The van der Waals surface area contributed by atoms with E-state index in [0.717, 1.165) is 29.4 Å². The molecule has 0 unspecified atom stereocenters. The Labute approximate surface area is 135 Å². The van der Waals surface area contributed by atoms with E-state index >= 15 is 0 Å². The van der Waals surface area contributed by atoms with E-state index in [2.05, 4.69) is 4.98 Å². The van der Waals surface area contributed by atoms with Crippen molar-refractivity contribution in [3.8, 4) is 0 Å². The molecule has 1 aromatic heterocycles. The van der Waals surface area contributed by atoms with Gasteiger partial charge in [-0.05, 0) is 36.8 Å². The van der Waals surface area contributed by atoms with Crippen molar-refractivity contribution in [2.75, 3.05) is 7.11 Å². The molecule has 1 aromatic carbocycles. The lowest BCUT2D eigenvalue weighted by Crippen LogP contribution is -2.51. The van der Waals surface area contributed by atoms with Crippen LogP contribution in [0.1, 0.15) is 38.3 Å². The molecule has 1 N–H and O–H groups in total. The summed E-state index contributed by atoms with van der Waals surface area (Å²) in [5, 5.41) is 1.03. The Morgan fingerprint density at radius 1 is 1.26 bits per heavy atom. The maximum absolute atomic E-state index is 12.7. The highest BCUT2D eigenvalue weighted by atomic mass is 16.6. The molecule has 5 heteroatoms. The van der Waals surface area contributed by atoms with Gasteiger partial charge in [-0.3, -0.25) is 9.59 Å². The maximum Gasteiger partial charge on any atom is 0.321 e. The number of esters is 2. The molecular weight excluding hydrogens is 294 g/mol. The van der Waals surface area contributed by atoms with Gasteiger partial charge in [-0.2, -0.15) is 0 Å². The van der Waals surface area contributed by atoms with E-state index in [1.54, 1.807) is 0 Å². The van der Waals surface area contributed by atoms with Gasteiger partial charge in [0.15, 0.2) is 0 Å². The van der Waals surface area contributed by atoms with Crippen LogP contribution in [0.4, 0.5) is 0 Å². The van der Waals surface area contributed by atoms with Crippen LogP contribution < -0.4 is 0 Å². The van der Waals surface area contributed by atoms with Crippen molar-refractivity contribution < 1.29 is 19.1 Å². The Bertz CT molecular complexity index is 702. The highest BCUT2D eigenvalue weighted by molar-refractivity contribution is 5.88. The van der Waals surface area contributed by atoms with Crippen LogP contribution >= 0.6 is 0 Å². The normalized spacial score (nSPS) is 24.3. The number of hydrogen-bond acceptors (Lipinski definition) is 4. The molecule has 1 fully saturated rings. The number of carbonyl (C=O) groups excluding carboxylic acids is 2. The first-order valence-electron chi connectivity index (χ1n) is 7.92. The number of rotatable bonds is 3. The van der Waals surface area contributed by atoms with Gasteiger partial charge < -0.3 is 14.5 Å². The van der Waals surface area contributed by atoms with Crippen molar-refractivity contribution in [3.63, 3.8) is 0 Å². The van der Waals surface area contributed by atoms with E-state index in [0.29, 0.717) is 12.8 Å². The number of aromatic amines is 1. The first kappa shape index (κ1) is 15.6. The number of benzene rings is 1. The summed E-state index contributed by atoms with van der Waals surface area (Å²) in [7, 11) is 1.38. The first-order chi connectivity index (χ1) is 11.1. The first-order valence-corrected chi connectivity index (χ1v) is 7.92. The summed E-state index contributed by atoms with van der Waals surface area (Å²) in [6.07, 6.45) is 2.57. The highest BCUT2D eigenvalue weighted by Crippen LogP contribution is 2.43. The van der Waals surface area contributed by atoms with E-state index < -0.39 is 11.5 Å². The van der Waals surface area contributed by atoms with Crippen LogP contribution in [-0.2, 0) is 24.5 Å². The second-order valence-electron chi connectivity index (χ2n) is 6.08. The Morgan fingerprint density at radius 3 is 2.74 bits per heavy atom. The van der Waals surface area contributed by atoms with Gasteiger partial charge >= 0.3 is 11.9 Å². The van der Waals surface area contributed by atoms with Gasteiger partial charge in [-0.1, -0.05) is 24.6 Å². The Hall–Kier alpha value is -2.30. The van der Waals surface area contributed by atoms with Gasteiger partial charge in [0.25, 0.3) is 0 Å². The SMILES string of the molecule is COC(=O)[C@]1(c2cc3ccccc3[nH]2)CCCC[C@H]1OC(C)=O. The number of nitrogens with one attached hydrogen (secondary N) is 1. The quantitative estimate of drug-likeness (QED) is 0.884. The number of hydrogen-bond donors (Lipinski definition) is 1. The summed E-state index contributed by atoms with van der Waals surface area (Å²) in [4.78, 5) is 27.6. The second-order valence-corrected chi connectivity index (χ2v) is 6.08. The monoisotopic (exact) mass is 315 g/mol. The lowest BCUT2D eigenvalue weighted by Gasteiger charge is -2.40. The van der Waals surface area contributed by atoms with Crippen molar-refractivity contribution in [1.82, 2.24) is 4.98 Å². The van der Waals surface area contributed by atoms with Crippen LogP contribution in [0.15, 0.2) is 30.3 Å². The van der Waals surface area contributed by atoms with Gasteiger partial charge in [0.2, 0.25) is 0 Å². The molecule has 0 radical (unpaired) electrons. The molecule has 3 rings (SSSR count). The minimum atomic E-state index is -0.961. The Kier molecular flexibility index (Phi) is 4.11. The Morgan fingerprint density at radius 2 is 2.04 bits per heavy atom. The van der Waals surface area contributed by atoms with Gasteiger partial charge in [0.1, 0.15) is 11.5 Å². The predicted octanol–water partition coefficient (Wildman–Crippen LogP) is 3.08. The topological polar surface area (TPSA) is 68.4 Å². The molecule has 1 heterocycles. The average Bonchev–Trinajstić information content (AvgIpc) is 2.98. The zero-order valence-corrected chi connectivity index (χ0v) is 13.4. The van der Waals surface area contributed by atoms with Gasteiger partial charge in [0.05, 0.1) is 7.11 Å². The molecule has 122 valence electrons. The molecule has 1 aliphatic rings. The molecule has 5 nitrogen and oxygen atoms in total. The summed E-state index contributed by atoms with van der Waals surface area (Å²) in [6, 6.07) is 9.82. The van der Waals surface area contributed by atoms with Crippen molar-refractivity contribution >= 4 is 22.8 Å². The maximum atomic E-state index is 12.7. The zero-order chi connectivity index (χ0) is 16.4. The molecule has 23 heavy (non-hydrogen) atoms. The Balaban J connectivity index is 2.14. The van der Waals surface area contributed by atoms with Crippen molar-refractivity contribution in [2.45, 2.75) is 44.1 Å². The van der Waals surface area contributed by atoms with Gasteiger partial charge in [-0.25, -0.2) is 0 Å². The minimum Gasteiger partial charge on any atom is -0.468 e. The summed E-state index contributed by atoms with van der Waals surface area (Å²) < 4.78 is 10.6. The molecule has 0 bridgehead atoms. The summed E-state index contributed by atoms with van der Waals surface area (Å²) >= 11 is 0. The summed E-state index contributed by atoms with van der Waals surface area (Å²) in [5.74, 6) is -0.726. The van der Waals surface area contributed by atoms with E-state index in [4.69, 9.17) is 9.47 Å². The second kappa shape index (κ2) is 6.07. The molecule has 2 atom stereocenters. The highest BCUT2D eigenvalue weighted by Gasteiger charge is 2.52. The fourth-order valence-corrected chi connectivity index (χ4v) is 3.65. The standard InChI is InChI=1S/C18H21NO4/c1-12(20)23-16-9-5-6-10-18(16,17(21)22-2)15-11-13-7-3-4-8-14(13)19-15/h3-4,7-8,11,16,19H,5-6,9-10H2,1-2H3/t16-,18+/m1/s1. The summed E-state index contributed by atoms with van der Waals surface area (Å²) in [5.41, 5.74) is 0.756. The summed E-state index contributed by atoms with van der Waals surface area (Å²) in [6.45, 7) is 1.38. The van der Waals surface area contributed by atoms with Crippen LogP contribution in [-0.4, -0.2) is 30.1 Å².